The summed E-state index contributed by atoms with van der Waals surface area (Å²) in [5, 5.41) is 40.0. The first-order chi connectivity index (χ1) is 14.6. The van der Waals surface area contributed by atoms with Gasteiger partial charge < -0.3 is 25.2 Å². The third kappa shape index (κ3) is 7.04. The molecule has 174 valence electrons. The Morgan fingerprint density at radius 3 is 2.29 bits per heavy atom. The van der Waals surface area contributed by atoms with Gasteiger partial charge >= 0.3 is 5.97 Å². The zero-order chi connectivity index (χ0) is 23.1. The summed E-state index contributed by atoms with van der Waals surface area (Å²) >= 11 is 0. The number of hydrogen-bond acceptors (Lipinski definition) is 6. The Balaban J connectivity index is 1.81. The number of phenolic OH excluding ortho intramolecular Hbond substituents is 3. The number of carbonyl (C=O) groups is 2. The molecule has 1 aromatic rings. The molecule has 4 N–H and O–H groups in total. The van der Waals surface area contributed by atoms with Gasteiger partial charge in [0.1, 0.15) is 11.4 Å². The highest BCUT2D eigenvalue weighted by molar-refractivity contribution is 5.73. The molecule has 0 bridgehead atoms. The van der Waals surface area contributed by atoms with Crippen LogP contribution >= 0.6 is 0 Å². The van der Waals surface area contributed by atoms with Crippen LogP contribution < -0.4 is 0 Å². The Morgan fingerprint density at radius 2 is 1.68 bits per heavy atom. The topological polar surface area (TPSA) is 124 Å². The minimum Gasteiger partial charge on any atom is -0.507 e. The van der Waals surface area contributed by atoms with Crippen LogP contribution in [0.2, 0.25) is 0 Å². The zero-order valence-electron chi connectivity index (χ0n) is 18.7. The summed E-state index contributed by atoms with van der Waals surface area (Å²) in [5.41, 5.74) is -0.0422. The molecule has 7 heteroatoms. The summed E-state index contributed by atoms with van der Waals surface area (Å²) in [6, 6.07) is 1.41. The summed E-state index contributed by atoms with van der Waals surface area (Å²) in [4.78, 5) is 21.7. The molecule has 7 nitrogen and oxygen atoms in total. The van der Waals surface area contributed by atoms with Crippen molar-refractivity contribution in [2.24, 2.45) is 5.41 Å². The number of aromatic hydroxyl groups is 3. The van der Waals surface area contributed by atoms with Crippen LogP contribution in [0.3, 0.4) is 0 Å². The van der Waals surface area contributed by atoms with Crippen LogP contribution in [0.25, 0.3) is 0 Å². The van der Waals surface area contributed by atoms with Crippen LogP contribution in [-0.2, 0) is 27.2 Å². The average molecular weight is 437 g/mol. The number of ether oxygens (including phenoxy) is 1. The number of carboxylic acids is 1. The summed E-state index contributed by atoms with van der Waals surface area (Å²) in [6.07, 6.45) is 9.07. The normalized spacial score (nSPS) is 14.9. The number of carbonyl (C=O) groups excluding carboxylic acids is 1. The highest BCUT2D eigenvalue weighted by Gasteiger charge is 2.44. The molecular weight excluding hydrogens is 400 g/mol. The molecule has 0 spiro atoms. The molecule has 1 aliphatic carbocycles. The summed E-state index contributed by atoms with van der Waals surface area (Å²) in [6.45, 7) is 3.95. The molecule has 1 aromatic carbocycles. The molecule has 2 rings (SSSR count). The second kappa shape index (κ2) is 10.7. The van der Waals surface area contributed by atoms with Crippen molar-refractivity contribution in [3.63, 3.8) is 0 Å². The molecule has 0 amide bonds. The molecule has 31 heavy (non-hydrogen) atoms. The van der Waals surface area contributed by atoms with Crippen molar-refractivity contribution < 1.29 is 34.8 Å². The maximum atomic E-state index is 11.1. The Morgan fingerprint density at radius 1 is 1.03 bits per heavy atom. The summed E-state index contributed by atoms with van der Waals surface area (Å²) < 4.78 is 5.14. The first kappa shape index (κ1) is 24.8. The van der Waals surface area contributed by atoms with Gasteiger partial charge in [0, 0.05) is 5.56 Å². The van der Waals surface area contributed by atoms with E-state index in [-0.39, 0.29) is 22.8 Å². The monoisotopic (exact) mass is 436 g/mol. The predicted molar refractivity (Wildman–Crippen MR) is 116 cm³/mol. The number of carboxylic acid groups (broad SMARTS) is 1. The number of rotatable bonds is 15. The lowest BCUT2D eigenvalue weighted by Gasteiger charge is -2.18. The van der Waals surface area contributed by atoms with E-state index < -0.39 is 11.4 Å². The minimum absolute atomic E-state index is 0.0348. The lowest BCUT2D eigenvalue weighted by molar-refractivity contribution is -0.147. The van der Waals surface area contributed by atoms with E-state index in [4.69, 9.17) is 9.84 Å². The first-order valence-electron chi connectivity index (χ1n) is 11.2. The van der Waals surface area contributed by atoms with Gasteiger partial charge in [0.05, 0.1) is 5.41 Å². The van der Waals surface area contributed by atoms with Crippen LogP contribution in [0.5, 0.6) is 17.2 Å². The Kier molecular flexibility index (Phi) is 8.60. The van der Waals surface area contributed by atoms with Crippen LogP contribution in [-0.4, -0.2) is 38.5 Å². The molecule has 0 radical (unpaired) electrons. The van der Waals surface area contributed by atoms with Crippen LogP contribution in [0.4, 0.5) is 0 Å². The van der Waals surface area contributed by atoms with Gasteiger partial charge in [0.2, 0.25) is 0 Å². The van der Waals surface area contributed by atoms with E-state index in [9.17, 15) is 24.9 Å². The van der Waals surface area contributed by atoms with Crippen molar-refractivity contribution in [2.45, 2.75) is 96.5 Å². The van der Waals surface area contributed by atoms with Crippen molar-refractivity contribution in [3.05, 3.63) is 17.2 Å². The van der Waals surface area contributed by atoms with Gasteiger partial charge in [0.15, 0.2) is 11.5 Å². The number of hydrogen-bond donors (Lipinski definition) is 4. The van der Waals surface area contributed by atoms with Crippen molar-refractivity contribution in [3.8, 4) is 17.2 Å². The second-order valence-electron chi connectivity index (χ2n) is 9.44. The number of phenols is 3. The quantitative estimate of drug-likeness (QED) is 0.134. The fraction of sp³-hybridized carbons (Fsp3) is 0.667. The Labute approximate surface area is 184 Å². The van der Waals surface area contributed by atoms with Gasteiger partial charge in [-0.15, -0.1) is 0 Å². The fourth-order valence-electron chi connectivity index (χ4n) is 3.95. The van der Waals surface area contributed by atoms with Gasteiger partial charge in [-0.25, -0.2) is 0 Å². The molecule has 1 aliphatic rings. The minimum atomic E-state index is -0.793. The molecular formula is C24H36O7. The maximum Gasteiger partial charge on any atom is 0.309 e. The van der Waals surface area contributed by atoms with Crippen molar-refractivity contribution >= 4 is 12.4 Å². The molecule has 1 fully saturated rings. The molecule has 0 aromatic heterocycles. The van der Waals surface area contributed by atoms with Crippen molar-refractivity contribution in [1.29, 1.82) is 0 Å². The van der Waals surface area contributed by atoms with E-state index >= 15 is 0 Å². The molecule has 0 saturated heterocycles. The van der Waals surface area contributed by atoms with Crippen LogP contribution in [0.1, 0.15) is 89.2 Å². The number of aliphatic carboxylic acids is 1. The molecule has 0 heterocycles. The van der Waals surface area contributed by atoms with E-state index in [2.05, 4.69) is 0 Å². The van der Waals surface area contributed by atoms with E-state index in [1.807, 2.05) is 0 Å². The van der Waals surface area contributed by atoms with Gasteiger partial charge in [0.25, 0.3) is 6.47 Å². The van der Waals surface area contributed by atoms with E-state index in [1.165, 1.54) is 6.07 Å². The standard InChI is InChI=1S/C24H36O7/c1-23(2,22(29)30)11-7-4-3-5-10-18-20(27)17(15-19(26)21(18)28)9-6-8-12-24(13-14-24)31-16-25/h15-16,26-28H,3-14H2,1-2H3,(H,29,30). The van der Waals surface area contributed by atoms with E-state index in [0.29, 0.717) is 36.9 Å². The highest BCUT2D eigenvalue weighted by atomic mass is 16.5. The first-order valence-corrected chi connectivity index (χ1v) is 11.2. The summed E-state index contributed by atoms with van der Waals surface area (Å²) in [7, 11) is 0. The molecule has 0 unspecified atom stereocenters. The molecule has 1 saturated carbocycles. The van der Waals surface area contributed by atoms with Crippen molar-refractivity contribution in [2.75, 3.05) is 0 Å². The zero-order valence-corrected chi connectivity index (χ0v) is 18.7. The smallest absolute Gasteiger partial charge is 0.309 e. The van der Waals surface area contributed by atoms with Crippen LogP contribution in [0.15, 0.2) is 6.07 Å². The lowest BCUT2D eigenvalue weighted by atomic mass is 9.87. The molecule has 0 aliphatic heterocycles. The Hall–Kier alpha value is -2.44. The van der Waals surface area contributed by atoms with E-state index in [1.54, 1.807) is 13.8 Å². The number of unbranched alkanes of at least 4 members (excludes halogenated alkanes) is 4. The van der Waals surface area contributed by atoms with E-state index in [0.717, 1.165) is 57.8 Å². The third-order valence-corrected chi connectivity index (χ3v) is 6.42. The highest BCUT2D eigenvalue weighted by Crippen LogP contribution is 2.44. The Bertz CT molecular complexity index is 766. The van der Waals surface area contributed by atoms with Gasteiger partial charge in [-0.05, 0) is 83.3 Å². The second-order valence-corrected chi connectivity index (χ2v) is 9.44. The van der Waals surface area contributed by atoms with Crippen LogP contribution in [0, 0.1) is 5.41 Å². The summed E-state index contributed by atoms with van der Waals surface area (Å²) in [5.74, 6) is -1.26. The average Bonchev–Trinajstić information content (AvgIpc) is 3.47. The number of benzene rings is 1. The fourth-order valence-corrected chi connectivity index (χ4v) is 3.95. The maximum absolute atomic E-state index is 11.1. The van der Waals surface area contributed by atoms with Gasteiger partial charge in [-0.2, -0.15) is 0 Å². The van der Waals surface area contributed by atoms with Gasteiger partial charge in [-0.1, -0.05) is 19.3 Å². The predicted octanol–water partition coefficient (Wildman–Crippen LogP) is 4.83. The van der Waals surface area contributed by atoms with Crippen molar-refractivity contribution in [1.82, 2.24) is 0 Å². The lowest BCUT2D eigenvalue weighted by Crippen LogP contribution is -2.23. The SMILES string of the molecule is CC(C)(CCCCCCc1c(O)c(O)cc(CCCCC2(OC=O)CC2)c1O)C(=O)O. The van der Waals surface area contributed by atoms with Gasteiger partial charge in [-0.3, -0.25) is 9.59 Å². The molecule has 0 atom stereocenters. The number of aryl methyl sites for hydroxylation is 1. The largest absolute Gasteiger partial charge is 0.507 e. The third-order valence-electron chi connectivity index (χ3n) is 6.42.